The lowest BCUT2D eigenvalue weighted by Gasteiger charge is -2.58. The van der Waals surface area contributed by atoms with Gasteiger partial charge in [-0.3, -0.25) is 9.59 Å². The maximum absolute atomic E-state index is 13.3. The van der Waals surface area contributed by atoms with Gasteiger partial charge in [0.1, 0.15) is 11.5 Å². The molecule has 1 heterocycles. The third-order valence-electron chi connectivity index (χ3n) is 7.94. The first-order chi connectivity index (χ1) is 15.1. The lowest BCUT2D eigenvalue weighted by atomic mass is 9.52. The third kappa shape index (κ3) is 4.02. The summed E-state index contributed by atoms with van der Waals surface area (Å²) in [7, 11) is 0. The lowest BCUT2D eigenvalue weighted by molar-refractivity contribution is -0.137. The Morgan fingerprint density at radius 1 is 1.28 bits per heavy atom. The number of carbonyl (C=O) groups is 2. The second-order valence-electron chi connectivity index (χ2n) is 11.0. The van der Waals surface area contributed by atoms with Gasteiger partial charge in [0, 0.05) is 11.3 Å². The Kier molecular flexibility index (Phi) is 5.47. The number of primary amides is 1. The molecule has 5 aliphatic rings. The largest absolute Gasteiger partial charge is 0.474 e. The van der Waals surface area contributed by atoms with E-state index >= 15 is 0 Å². The van der Waals surface area contributed by atoms with Gasteiger partial charge >= 0.3 is 0 Å². The standard InChI is InChI=1S/C23H33N3O5S/c1-22(2,21(24)28)11-30-20-18(32-15-4-3-5-15)17(31-26-20)19(27)25-16-13-6-12-7-14(16)10-23(29,8-12)9-13/h12-16,29H,3-11H2,1-2H3,(H2,24,28)(H,25,27). The molecule has 1 aromatic heterocycles. The Morgan fingerprint density at radius 3 is 2.53 bits per heavy atom. The molecule has 176 valence electrons. The van der Waals surface area contributed by atoms with E-state index in [0.29, 0.717) is 27.9 Å². The number of hydrogen-bond donors (Lipinski definition) is 3. The van der Waals surface area contributed by atoms with Gasteiger partial charge in [-0.1, -0.05) is 6.42 Å². The molecule has 4 N–H and O–H groups in total. The molecule has 5 aliphatic carbocycles. The second kappa shape index (κ2) is 7.94. The van der Waals surface area contributed by atoms with Crippen LogP contribution in [0.5, 0.6) is 5.88 Å². The summed E-state index contributed by atoms with van der Waals surface area (Å²) in [5.74, 6) is 0.903. The van der Waals surface area contributed by atoms with Crippen LogP contribution >= 0.6 is 11.8 Å². The molecular formula is C23H33N3O5S. The van der Waals surface area contributed by atoms with Crippen LogP contribution in [0.25, 0.3) is 0 Å². The number of amides is 2. The van der Waals surface area contributed by atoms with E-state index in [1.54, 1.807) is 25.6 Å². The van der Waals surface area contributed by atoms with Crippen molar-refractivity contribution in [1.82, 2.24) is 10.5 Å². The Labute approximate surface area is 192 Å². The van der Waals surface area contributed by atoms with E-state index in [1.165, 1.54) is 6.42 Å². The summed E-state index contributed by atoms with van der Waals surface area (Å²) in [6.07, 6.45) is 7.91. The molecule has 0 spiro atoms. The summed E-state index contributed by atoms with van der Waals surface area (Å²) >= 11 is 1.57. The van der Waals surface area contributed by atoms with Gasteiger partial charge in [-0.25, -0.2) is 0 Å². The van der Waals surface area contributed by atoms with E-state index in [-0.39, 0.29) is 30.2 Å². The summed E-state index contributed by atoms with van der Waals surface area (Å²) in [6, 6.07) is 0.0594. The fraction of sp³-hybridized carbons (Fsp3) is 0.783. The minimum absolute atomic E-state index is 0.0564. The zero-order chi connectivity index (χ0) is 22.7. The number of nitrogens with zero attached hydrogens (tertiary/aromatic N) is 1. The minimum atomic E-state index is -0.861. The van der Waals surface area contributed by atoms with Crippen molar-refractivity contribution in [3.63, 3.8) is 0 Å². The van der Waals surface area contributed by atoms with Crippen molar-refractivity contribution < 1.29 is 24.0 Å². The van der Waals surface area contributed by atoms with Gasteiger partial charge in [-0.15, -0.1) is 11.8 Å². The Balaban J connectivity index is 1.32. The molecule has 0 aromatic carbocycles. The van der Waals surface area contributed by atoms with Gasteiger partial charge in [-0.05, 0) is 81.7 Å². The smallest absolute Gasteiger partial charge is 0.291 e. The van der Waals surface area contributed by atoms with E-state index in [4.69, 9.17) is 15.0 Å². The number of aromatic nitrogens is 1. The van der Waals surface area contributed by atoms with Crippen LogP contribution in [-0.4, -0.2) is 45.6 Å². The lowest BCUT2D eigenvalue weighted by Crippen LogP contribution is -2.61. The van der Waals surface area contributed by atoms with Crippen LogP contribution in [0.1, 0.15) is 75.8 Å². The molecule has 1 aromatic rings. The van der Waals surface area contributed by atoms with Gasteiger partial charge < -0.3 is 25.4 Å². The molecule has 6 rings (SSSR count). The molecule has 2 unspecified atom stereocenters. The van der Waals surface area contributed by atoms with Crippen LogP contribution in [0.4, 0.5) is 0 Å². The first kappa shape index (κ1) is 22.1. The van der Waals surface area contributed by atoms with E-state index in [0.717, 1.165) is 44.9 Å². The van der Waals surface area contributed by atoms with Crippen LogP contribution < -0.4 is 15.8 Å². The fourth-order valence-corrected chi connectivity index (χ4v) is 7.35. The number of carbonyl (C=O) groups excluding carboxylic acids is 2. The summed E-state index contributed by atoms with van der Waals surface area (Å²) in [6.45, 7) is 3.48. The van der Waals surface area contributed by atoms with E-state index in [2.05, 4.69) is 10.5 Å². The van der Waals surface area contributed by atoms with Crippen molar-refractivity contribution >= 4 is 23.6 Å². The third-order valence-corrected chi connectivity index (χ3v) is 9.34. The summed E-state index contributed by atoms with van der Waals surface area (Å²) in [4.78, 5) is 25.6. The number of rotatable bonds is 8. The second-order valence-corrected chi connectivity index (χ2v) is 12.4. The van der Waals surface area contributed by atoms with E-state index in [9.17, 15) is 14.7 Å². The van der Waals surface area contributed by atoms with Gasteiger partial charge in [0.2, 0.25) is 11.7 Å². The van der Waals surface area contributed by atoms with Crippen LogP contribution in [0.15, 0.2) is 9.42 Å². The SMILES string of the molecule is CC(C)(COc1noc(C(=O)NC2C3CC4CC2CC(O)(C4)C3)c1SC1CCC1)C(N)=O. The molecule has 4 bridgehead atoms. The summed E-state index contributed by atoms with van der Waals surface area (Å²) < 4.78 is 11.3. The maximum Gasteiger partial charge on any atom is 0.291 e. The number of nitrogens with one attached hydrogen (secondary N) is 1. The van der Waals surface area contributed by atoms with Crippen molar-refractivity contribution in [2.75, 3.05) is 6.61 Å². The first-order valence-corrected chi connectivity index (χ1v) is 12.6. The van der Waals surface area contributed by atoms with Crippen molar-refractivity contribution in [3.8, 4) is 5.88 Å². The molecule has 0 saturated heterocycles. The molecule has 9 heteroatoms. The van der Waals surface area contributed by atoms with Gasteiger partial charge in [0.05, 0.1) is 11.0 Å². The van der Waals surface area contributed by atoms with Crippen LogP contribution in [0, 0.1) is 23.2 Å². The molecule has 5 fully saturated rings. The minimum Gasteiger partial charge on any atom is -0.474 e. The van der Waals surface area contributed by atoms with E-state index in [1.807, 2.05) is 0 Å². The number of aliphatic hydroxyl groups is 1. The Bertz CT molecular complexity index is 895. The van der Waals surface area contributed by atoms with Crippen LogP contribution in [-0.2, 0) is 4.79 Å². The summed E-state index contributed by atoms with van der Waals surface area (Å²) in [5, 5.41) is 18.5. The highest BCUT2D eigenvalue weighted by Gasteiger charge is 2.55. The predicted octanol–water partition coefficient (Wildman–Crippen LogP) is 2.88. The average Bonchev–Trinajstić information content (AvgIpc) is 3.07. The fourth-order valence-electron chi connectivity index (χ4n) is 6.02. The zero-order valence-electron chi connectivity index (χ0n) is 18.8. The Hall–Kier alpha value is -1.74. The van der Waals surface area contributed by atoms with Crippen molar-refractivity contribution in [2.45, 2.75) is 87.0 Å². The number of hydrogen-bond acceptors (Lipinski definition) is 7. The Morgan fingerprint density at radius 2 is 1.97 bits per heavy atom. The molecule has 32 heavy (non-hydrogen) atoms. The van der Waals surface area contributed by atoms with Gasteiger partial charge in [0.15, 0.2) is 0 Å². The molecule has 8 nitrogen and oxygen atoms in total. The first-order valence-electron chi connectivity index (χ1n) is 11.8. The quantitative estimate of drug-likeness (QED) is 0.541. The average molecular weight is 464 g/mol. The van der Waals surface area contributed by atoms with Crippen molar-refractivity contribution in [2.24, 2.45) is 28.9 Å². The number of ether oxygens (including phenoxy) is 1. The van der Waals surface area contributed by atoms with Gasteiger partial charge in [0.25, 0.3) is 11.8 Å². The van der Waals surface area contributed by atoms with Crippen molar-refractivity contribution in [3.05, 3.63) is 5.76 Å². The monoisotopic (exact) mass is 463 g/mol. The molecule has 0 aliphatic heterocycles. The van der Waals surface area contributed by atoms with Crippen LogP contribution in [0.3, 0.4) is 0 Å². The van der Waals surface area contributed by atoms with Crippen LogP contribution in [0.2, 0.25) is 0 Å². The number of nitrogens with two attached hydrogens (primary N) is 1. The maximum atomic E-state index is 13.3. The topological polar surface area (TPSA) is 128 Å². The predicted molar refractivity (Wildman–Crippen MR) is 118 cm³/mol. The molecule has 2 atom stereocenters. The highest BCUT2D eigenvalue weighted by Crippen LogP contribution is 2.55. The normalized spacial score (nSPS) is 33.7. The van der Waals surface area contributed by atoms with Gasteiger partial charge in [-0.2, -0.15) is 0 Å². The highest BCUT2D eigenvalue weighted by molar-refractivity contribution is 8.00. The van der Waals surface area contributed by atoms with Crippen molar-refractivity contribution in [1.29, 1.82) is 0 Å². The van der Waals surface area contributed by atoms with E-state index < -0.39 is 16.9 Å². The zero-order valence-corrected chi connectivity index (χ0v) is 19.6. The molecule has 0 radical (unpaired) electrons. The highest BCUT2D eigenvalue weighted by atomic mass is 32.2. The molecule has 2 amide bonds. The summed E-state index contributed by atoms with van der Waals surface area (Å²) in [5.41, 5.74) is 4.06. The number of thioether (sulfide) groups is 1. The molecule has 5 saturated carbocycles. The molecular weight excluding hydrogens is 430 g/mol.